The number of aldehydes is 1. The Bertz CT molecular complexity index is 559. The van der Waals surface area contributed by atoms with Crippen molar-refractivity contribution in [2.75, 3.05) is 0 Å². The molecule has 1 fully saturated rings. The minimum atomic E-state index is -0.219. The van der Waals surface area contributed by atoms with E-state index in [0.717, 1.165) is 31.6 Å². The number of phenolic OH excluding ortho intramolecular Hbond substituents is 1. The Kier molecular flexibility index (Phi) is 7.96. The fraction of sp³-hybridized carbons (Fsp3) is 0.619. The summed E-state index contributed by atoms with van der Waals surface area (Å²) in [4.78, 5) is 23.2. The number of esters is 1. The number of ether oxygens (including phenoxy) is 1. The predicted octanol–water partition coefficient (Wildman–Crippen LogP) is 5.28. The molecule has 0 unspecified atom stereocenters. The van der Waals surface area contributed by atoms with Crippen molar-refractivity contribution in [2.45, 2.75) is 71.1 Å². The largest absolute Gasteiger partial charge is 0.507 e. The maximum atomic E-state index is 12.3. The molecule has 1 N–H and O–H groups in total. The molecule has 1 aromatic rings. The molecule has 0 amide bonds. The summed E-state index contributed by atoms with van der Waals surface area (Å²) in [6.07, 6.45) is 12.4. The topological polar surface area (TPSA) is 63.6 Å². The second-order valence-corrected chi connectivity index (χ2v) is 7.18. The van der Waals surface area contributed by atoms with Gasteiger partial charge in [0.15, 0.2) is 6.29 Å². The molecule has 0 atom stereocenters. The maximum Gasteiger partial charge on any atom is 0.314 e. The van der Waals surface area contributed by atoms with Crippen molar-refractivity contribution >= 4 is 12.3 Å². The number of unbranched alkanes of at least 4 members (excludes halogenated alkanes) is 4. The highest BCUT2D eigenvalue weighted by atomic mass is 16.5. The summed E-state index contributed by atoms with van der Waals surface area (Å²) < 4.78 is 5.40. The Hall–Kier alpha value is -1.84. The monoisotopic (exact) mass is 346 g/mol. The molecule has 4 nitrogen and oxygen atoms in total. The van der Waals surface area contributed by atoms with Gasteiger partial charge in [0.1, 0.15) is 11.5 Å². The molecule has 1 aliphatic carbocycles. The van der Waals surface area contributed by atoms with E-state index in [1.165, 1.54) is 56.7 Å². The van der Waals surface area contributed by atoms with Gasteiger partial charge in [-0.2, -0.15) is 0 Å². The zero-order valence-electron chi connectivity index (χ0n) is 15.2. The first-order valence-corrected chi connectivity index (χ1v) is 9.64. The summed E-state index contributed by atoms with van der Waals surface area (Å²) in [5, 5.41) is 9.49. The lowest BCUT2D eigenvalue weighted by Gasteiger charge is -2.27. The maximum absolute atomic E-state index is 12.3. The Labute approximate surface area is 150 Å². The van der Waals surface area contributed by atoms with Gasteiger partial charge in [0.05, 0.1) is 11.5 Å². The summed E-state index contributed by atoms with van der Waals surface area (Å²) in [5.41, 5.74) is 0.136. The van der Waals surface area contributed by atoms with Crippen LogP contribution < -0.4 is 4.74 Å². The molecule has 0 aliphatic heterocycles. The van der Waals surface area contributed by atoms with Crippen LogP contribution >= 0.6 is 0 Å². The number of carbonyl (C=O) groups is 2. The van der Waals surface area contributed by atoms with Crippen LogP contribution in [0.2, 0.25) is 0 Å². The molecule has 0 bridgehead atoms. The minimum absolute atomic E-state index is 0.0511. The van der Waals surface area contributed by atoms with E-state index in [0.29, 0.717) is 12.0 Å². The number of hydrogen-bond acceptors (Lipinski definition) is 4. The average Bonchev–Trinajstić information content (AvgIpc) is 2.63. The van der Waals surface area contributed by atoms with Crippen molar-refractivity contribution in [2.24, 2.45) is 11.8 Å². The highest BCUT2D eigenvalue weighted by Gasteiger charge is 2.27. The first-order valence-electron chi connectivity index (χ1n) is 9.64. The van der Waals surface area contributed by atoms with E-state index >= 15 is 0 Å². The SMILES string of the molecule is CCCCCCCC1CCC(C(=O)Oc2ccc(O)c(C=O)c2)CC1. The minimum Gasteiger partial charge on any atom is -0.507 e. The zero-order valence-corrected chi connectivity index (χ0v) is 15.2. The second-order valence-electron chi connectivity index (χ2n) is 7.18. The molecule has 2 rings (SSSR count). The first-order chi connectivity index (χ1) is 12.1. The van der Waals surface area contributed by atoms with Crippen LogP contribution in [0, 0.1) is 11.8 Å². The molecule has 25 heavy (non-hydrogen) atoms. The van der Waals surface area contributed by atoms with Crippen LogP contribution in [0.25, 0.3) is 0 Å². The summed E-state index contributed by atoms with van der Waals surface area (Å²) in [6, 6.07) is 4.30. The van der Waals surface area contributed by atoms with Crippen LogP contribution in [0.3, 0.4) is 0 Å². The summed E-state index contributed by atoms with van der Waals surface area (Å²) in [5.74, 6) is 0.701. The Morgan fingerprint density at radius 2 is 1.88 bits per heavy atom. The van der Waals surface area contributed by atoms with Crippen molar-refractivity contribution < 1.29 is 19.4 Å². The number of benzene rings is 1. The lowest BCUT2D eigenvalue weighted by molar-refractivity contribution is -0.140. The molecule has 4 heteroatoms. The van der Waals surface area contributed by atoms with Gasteiger partial charge in [0, 0.05) is 0 Å². The van der Waals surface area contributed by atoms with E-state index in [-0.39, 0.29) is 23.2 Å². The second kappa shape index (κ2) is 10.2. The van der Waals surface area contributed by atoms with E-state index in [1.807, 2.05) is 0 Å². The molecule has 0 aromatic heterocycles. The van der Waals surface area contributed by atoms with E-state index in [9.17, 15) is 14.7 Å². The molecule has 1 aliphatic rings. The zero-order chi connectivity index (χ0) is 18.1. The van der Waals surface area contributed by atoms with Crippen molar-refractivity contribution in [3.63, 3.8) is 0 Å². The van der Waals surface area contributed by atoms with Gasteiger partial charge in [-0.25, -0.2) is 0 Å². The van der Waals surface area contributed by atoms with E-state index in [1.54, 1.807) is 0 Å². The van der Waals surface area contributed by atoms with Crippen molar-refractivity contribution in [3.05, 3.63) is 23.8 Å². The van der Waals surface area contributed by atoms with Gasteiger partial charge in [-0.1, -0.05) is 45.4 Å². The van der Waals surface area contributed by atoms with E-state index < -0.39 is 0 Å². The van der Waals surface area contributed by atoms with Crippen LogP contribution in [-0.4, -0.2) is 17.4 Å². The van der Waals surface area contributed by atoms with Crippen molar-refractivity contribution in [1.29, 1.82) is 0 Å². The molecule has 1 aromatic carbocycles. The Morgan fingerprint density at radius 3 is 2.56 bits per heavy atom. The van der Waals surface area contributed by atoms with Crippen LogP contribution in [0.15, 0.2) is 18.2 Å². The first kappa shape index (κ1) is 19.5. The molecule has 0 heterocycles. The third kappa shape index (κ3) is 6.18. The Balaban J connectivity index is 1.73. The average molecular weight is 346 g/mol. The normalized spacial score (nSPS) is 20.2. The number of carbonyl (C=O) groups excluding carboxylic acids is 2. The number of rotatable bonds is 9. The van der Waals surface area contributed by atoms with Gasteiger partial charge < -0.3 is 9.84 Å². The Morgan fingerprint density at radius 1 is 1.16 bits per heavy atom. The summed E-state index contributed by atoms with van der Waals surface area (Å²) >= 11 is 0. The predicted molar refractivity (Wildman–Crippen MR) is 98.0 cm³/mol. The molecule has 0 saturated heterocycles. The quantitative estimate of drug-likeness (QED) is 0.286. The van der Waals surface area contributed by atoms with Gasteiger partial charge in [0.25, 0.3) is 0 Å². The van der Waals surface area contributed by atoms with Gasteiger partial charge in [-0.15, -0.1) is 0 Å². The van der Waals surface area contributed by atoms with Gasteiger partial charge in [-0.05, 0) is 49.8 Å². The van der Waals surface area contributed by atoms with Gasteiger partial charge in [-0.3, -0.25) is 9.59 Å². The smallest absolute Gasteiger partial charge is 0.314 e. The number of phenols is 1. The van der Waals surface area contributed by atoms with Crippen LogP contribution in [0.5, 0.6) is 11.5 Å². The van der Waals surface area contributed by atoms with Gasteiger partial charge in [0.2, 0.25) is 0 Å². The highest BCUT2D eigenvalue weighted by molar-refractivity contribution is 5.81. The third-order valence-corrected chi connectivity index (χ3v) is 5.24. The molecular formula is C21H30O4. The lowest BCUT2D eigenvalue weighted by Crippen LogP contribution is -2.25. The third-order valence-electron chi connectivity index (χ3n) is 5.24. The van der Waals surface area contributed by atoms with Crippen LogP contribution in [-0.2, 0) is 4.79 Å². The molecule has 0 radical (unpaired) electrons. The van der Waals surface area contributed by atoms with Crippen molar-refractivity contribution in [3.8, 4) is 11.5 Å². The molecule has 1 saturated carbocycles. The van der Waals surface area contributed by atoms with E-state index in [2.05, 4.69) is 6.92 Å². The summed E-state index contributed by atoms with van der Waals surface area (Å²) in [7, 11) is 0. The number of aromatic hydroxyl groups is 1. The van der Waals surface area contributed by atoms with Crippen molar-refractivity contribution in [1.82, 2.24) is 0 Å². The van der Waals surface area contributed by atoms with Gasteiger partial charge >= 0.3 is 5.97 Å². The fourth-order valence-electron chi connectivity index (χ4n) is 3.61. The highest BCUT2D eigenvalue weighted by Crippen LogP contribution is 2.33. The molecule has 138 valence electrons. The van der Waals surface area contributed by atoms with Crippen LogP contribution in [0.4, 0.5) is 0 Å². The molecular weight excluding hydrogens is 316 g/mol. The number of hydrogen-bond donors (Lipinski definition) is 1. The van der Waals surface area contributed by atoms with E-state index in [4.69, 9.17) is 4.74 Å². The lowest BCUT2D eigenvalue weighted by atomic mass is 9.80. The van der Waals surface area contributed by atoms with Crippen LogP contribution in [0.1, 0.15) is 81.5 Å². The standard InChI is InChI=1S/C21H30O4/c1-2-3-4-5-6-7-16-8-10-17(11-9-16)21(24)25-19-12-13-20(23)18(14-19)15-22/h12-17,23H,2-11H2,1H3. The summed E-state index contributed by atoms with van der Waals surface area (Å²) in [6.45, 7) is 2.23. The molecule has 0 spiro atoms. The fourth-order valence-corrected chi connectivity index (χ4v) is 3.61.